The monoisotopic (exact) mass is 272 g/mol. The number of rotatable bonds is 6. The molecule has 1 heterocycles. The fourth-order valence-electron chi connectivity index (χ4n) is 2.43. The van der Waals surface area contributed by atoms with Gasteiger partial charge in [0.05, 0.1) is 11.1 Å². The molecule has 0 aliphatic rings. The van der Waals surface area contributed by atoms with Crippen molar-refractivity contribution in [2.45, 2.75) is 38.8 Å². The molecule has 1 aromatic heterocycles. The summed E-state index contributed by atoms with van der Waals surface area (Å²) in [6.45, 7) is 7.31. The van der Waals surface area contributed by atoms with Crippen LogP contribution in [0.3, 0.4) is 0 Å². The number of ether oxygens (including phenoxy) is 1. The predicted molar refractivity (Wildman–Crippen MR) is 83.9 cm³/mol. The van der Waals surface area contributed by atoms with Gasteiger partial charge in [-0.25, -0.2) is 0 Å². The van der Waals surface area contributed by atoms with Gasteiger partial charge in [0, 0.05) is 24.7 Å². The molecular formula is C17H24N2O. The van der Waals surface area contributed by atoms with Gasteiger partial charge in [-0.3, -0.25) is 4.98 Å². The standard InChI is InChI=1S/C17H24N2O/c1-5-18-16(12-17(2,3)20-4)14-9-8-13-7-6-10-19-15(13)11-14/h6-11,16,18H,5,12H2,1-4H3. The van der Waals surface area contributed by atoms with Gasteiger partial charge in [0.15, 0.2) is 0 Å². The summed E-state index contributed by atoms with van der Waals surface area (Å²) in [7, 11) is 1.77. The summed E-state index contributed by atoms with van der Waals surface area (Å²) >= 11 is 0. The summed E-state index contributed by atoms with van der Waals surface area (Å²) in [4.78, 5) is 4.44. The highest BCUT2D eigenvalue weighted by atomic mass is 16.5. The normalized spacial score (nSPS) is 13.6. The van der Waals surface area contributed by atoms with Gasteiger partial charge in [0.1, 0.15) is 0 Å². The van der Waals surface area contributed by atoms with Crippen LogP contribution in [-0.2, 0) is 4.74 Å². The Labute approximate surface area is 121 Å². The van der Waals surface area contributed by atoms with E-state index in [0.717, 1.165) is 18.5 Å². The van der Waals surface area contributed by atoms with E-state index < -0.39 is 0 Å². The van der Waals surface area contributed by atoms with Gasteiger partial charge in [-0.05, 0) is 44.5 Å². The van der Waals surface area contributed by atoms with Gasteiger partial charge in [-0.1, -0.05) is 25.1 Å². The molecule has 0 aliphatic heterocycles. The molecule has 1 unspecified atom stereocenters. The summed E-state index contributed by atoms with van der Waals surface area (Å²) in [5.41, 5.74) is 2.16. The molecule has 2 aromatic rings. The van der Waals surface area contributed by atoms with Crippen LogP contribution in [0.25, 0.3) is 10.9 Å². The van der Waals surface area contributed by atoms with E-state index in [9.17, 15) is 0 Å². The highest BCUT2D eigenvalue weighted by Gasteiger charge is 2.23. The average molecular weight is 272 g/mol. The smallest absolute Gasteiger partial charge is 0.0705 e. The summed E-state index contributed by atoms with van der Waals surface area (Å²) in [6.07, 6.45) is 2.77. The third-order valence-electron chi connectivity index (χ3n) is 3.73. The lowest BCUT2D eigenvalue weighted by molar-refractivity contribution is 0.00698. The number of nitrogens with one attached hydrogen (secondary N) is 1. The van der Waals surface area contributed by atoms with Crippen LogP contribution in [0.4, 0.5) is 0 Å². The van der Waals surface area contributed by atoms with Crippen LogP contribution in [0, 0.1) is 0 Å². The second-order valence-corrected chi connectivity index (χ2v) is 5.73. The van der Waals surface area contributed by atoms with Crippen molar-refractivity contribution >= 4 is 10.9 Å². The maximum Gasteiger partial charge on any atom is 0.0705 e. The maximum absolute atomic E-state index is 5.57. The molecule has 108 valence electrons. The maximum atomic E-state index is 5.57. The Kier molecular flexibility index (Phi) is 4.73. The number of hydrogen-bond donors (Lipinski definition) is 1. The van der Waals surface area contributed by atoms with Gasteiger partial charge in [0.25, 0.3) is 0 Å². The van der Waals surface area contributed by atoms with E-state index in [-0.39, 0.29) is 11.6 Å². The van der Waals surface area contributed by atoms with Crippen LogP contribution in [0.1, 0.15) is 38.8 Å². The quantitative estimate of drug-likeness (QED) is 0.870. The van der Waals surface area contributed by atoms with Gasteiger partial charge in [-0.15, -0.1) is 0 Å². The number of methoxy groups -OCH3 is 1. The molecule has 2 rings (SSSR count). The van der Waals surface area contributed by atoms with Crippen LogP contribution in [0.2, 0.25) is 0 Å². The Morgan fingerprint density at radius 1 is 1.30 bits per heavy atom. The molecule has 3 heteroatoms. The topological polar surface area (TPSA) is 34.1 Å². The number of hydrogen-bond acceptors (Lipinski definition) is 3. The van der Waals surface area contributed by atoms with E-state index in [1.807, 2.05) is 12.3 Å². The Morgan fingerprint density at radius 2 is 2.10 bits per heavy atom. The van der Waals surface area contributed by atoms with E-state index in [4.69, 9.17) is 4.74 Å². The third-order valence-corrected chi connectivity index (χ3v) is 3.73. The van der Waals surface area contributed by atoms with Crippen molar-refractivity contribution in [1.29, 1.82) is 0 Å². The van der Waals surface area contributed by atoms with Crippen molar-refractivity contribution in [2.75, 3.05) is 13.7 Å². The van der Waals surface area contributed by atoms with E-state index in [1.165, 1.54) is 10.9 Å². The number of fused-ring (bicyclic) bond motifs is 1. The lowest BCUT2D eigenvalue weighted by Gasteiger charge is -2.29. The minimum Gasteiger partial charge on any atom is -0.379 e. The van der Waals surface area contributed by atoms with E-state index in [2.05, 4.69) is 55.3 Å². The zero-order valence-corrected chi connectivity index (χ0v) is 12.8. The molecule has 0 fully saturated rings. The van der Waals surface area contributed by atoms with Gasteiger partial charge >= 0.3 is 0 Å². The highest BCUT2D eigenvalue weighted by molar-refractivity contribution is 5.78. The van der Waals surface area contributed by atoms with Crippen molar-refractivity contribution in [3.05, 3.63) is 42.1 Å². The SMILES string of the molecule is CCNC(CC(C)(C)OC)c1ccc2cccnc2c1. The van der Waals surface area contributed by atoms with Crippen molar-refractivity contribution in [2.24, 2.45) is 0 Å². The first-order valence-corrected chi connectivity index (χ1v) is 7.19. The Balaban J connectivity index is 2.31. The van der Waals surface area contributed by atoms with Crippen molar-refractivity contribution < 1.29 is 4.74 Å². The average Bonchev–Trinajstić information content (AvgIpc) is 2.46. The molecule has 1 aromatic carbocycles. The van der Waals surface area contributed by atoms with Gasteiger partial charge < -0.3 is 10.1 Å². The Bertz CT molecular complexity index is 566. The fourth-order valence-corrected chi connectivity index (χ4v) is 2.43. The highest BCUT2D eigenvalue weighted by Crippen LogP contribution is 2.27. The molecule has 0 bridgehead atoms. The molecular weight excluding hydrogens is 248 g/mol. The number of nitrogens with zero attached hydrogens (tertiary/aromatic N) is 1. The third kappa shape index (κ3) is 3.56. The molecule has 0 saturated heterocycles. The molecule has 0 saturated carbocycles. The predicted octanol–water partition coefficient (Wildman–Crippen LogP) is 3.70. The minimum absolute atomic E-state index is 0.147. The molecule has 20 heavy (non-hydrogen) atoms. The summed E-state index contributed by atoms with van der Waals surface area (Å²) in [5.74, 6) is 0. The van der Waals surface area contributed by atoms with E-state index in [1.54, 1.807) is 7.11 Å². The molecule has 0 aliphatic carbocycles. The summed E-state index contributed by atoms with van der Waals surface area (Å²) in [6, 6.07) is 10.8. The van der Waals surface area contributed by atoms with Crippen LogP contribution in [0.15, 0.2) is 36.5 Å². The number of benzene rings is 1. The zero-order chi connectivity index (χ0) is 14.6. The Morgan fingerprint density at radius 3 is 2.80 bits per heavy atom. The first-order valence-electron chi connectivity index (χ1n) is 7.19. The van der Waals surface area contributed by atoms with Crippen LogP contribution >= 0.6 is 0 Å². The van der Waals surface area contributed by atoms with Crippen LogP contribution < -0.4 is 5.32 Å². The van der Waals surface area contributed by atoms with E-state index in [0.29, 0.717) is 0 Å². The summed E-state index contributed by atoms with van der Waals surface area (Å²) in [5, 5.41) is 4.72. The van der Waals surface area contributed by atoms with Crippen molar-refractivity contribution in [3.63, 3.8) is 0 Å². The zero-order valence-electron chi connectivity index (χ0n) is 12.8. The van der Waals surface area contributed by atoms with Crippen molar-refractivity contribution in [1.82, 2.24) is 10.3 Å². The van der Waals surface area contributed by atoms with Crippen LogP contribution in [0.5, 0.6) is 0 Å². The lowest BCUT2D eigenvalue weighted by atomic mass is 9.93. The molecule has 1 atom stereocenters. The second-order valence-electron chi connectivity index (χ2n) is 5.73. The molecule has 0 amide bonds. The lowest BCUT2D eigenvalue weighted by Crippen LogP contribution is -2.32. The van der Waals surface area contributed by atoms with Gasteiger partial charge in [0.2, 0.25) is 0 Å². The minimum atomic E-state index is -0.147. The first kappa shape index (κ1) is 14.9. The number of pyridine rings is 1. The molecule has 1 N–H and O–H groups in total. The molecule has 0 radical (unpaired) electrons. The van der Waals surface area contributed by atoms with Gasteiger partial charge in [-0.2, -0.15) is 0 Å². The van der Waals surface area contributed by atoms with E-state index >= 15 is 0 Å². The molecule has 0 spiro atoms. The number of aromatic nitrogens is 1. The first-order chi connectivity index (χ1) is 9.55. The van der Waals surface area contributed by atoms with Crippen molar-refractivity contribution in [3.8, 4) is 0 Å². The Hall–Kier alpha value is -1.45. The summed E-state index contributed by atoms with van der Waals surface area (Å²) < 4.78 is 5.57. The fraction of sp³-hybridized carbons (Fsp3) is 0.471. The largest absolute Gasteiger partial charge is 0.379 e. The molecule has 3 nitrogen and oxygen atoms in total. The van der Waals surface area contributed by atoms with Crippen LogP contribution in [-0.4, -0.2) is 24.2 Å². The second kappa shape index (κ2) is 6.33.